The van der Waals surface area contributed by atoms with Crippen molar-refractivity contribution >= 4 is 87.5 Å². The lowest BCUT2D eigenvalue weighted by molar-refractivity contribution is 0.669. The molecule has 22 rings (SSSR count). The second-order valence-electron chi connectivity index (χ2n) is 27.7. The van der Waals surface area contributed by atoms with Gasteiger partial charge >= 0.3 is 0 Å². The SMILES string of the molecule is c1ccc(-c2cnc(-c3ccc4oc5cc6c(cc5c4c3)c3ccccc3n6-c3ccccc3)c(-c3nc(-c4ccccc4)nc(-c4ccccc4)n3)c2)cc1.c1ccc(-c2cnc(-c3cccc4oc5cc6c(cc5c34)c3ccccc3n6-c3ccccc3)c(-c3nc(-c4ccccc4)nc(-c4ccccc4)n3)c2)cc1. The summed E-state index contributed by atoms with van der Waals surface area (Å²) in [6.45, 7) is 0. The highest BCUT2D eigenvalue weighted by molar-refractivity contribution is 6.21. The molecule has 0 aliphatic rings. The highest BCUT2D eigenvalue weighted by atomic mass is 16.3. The maximum Gasteiger partial charge on any atom is 0.166 e. The summed E-state index contributed by atoms with van der Waals surface area (Å²) in [5, 5.41) is 8.76. The summed E-state index contributed by atoms with van der Waals surface area (Å²) in [5.41, 5.74) is 22.6. The third-order valence-electron chi connectivity index (χ3n) is 21.0. The standard InChI is InChI=1S/2C50H31N5O/c1-5-16-32(17-6-1)35-28-41(50-53-48(33-18-7-2-8-19-33)52-49(54-50)34-20-9-3-10-21-34)47(51-31-35)38-25-15-27-44-46(38)40-29-39-37-24-13-14-26-42(37)55(36-22-11-4-12-23-36)43(39)30-45(40)56-44;1-5-15-32(16-6-1)36-28-42(50-53-48(33-17-7-2-8-18-33)52-49(54-50)34-19-9-3-10-20-34)47(51-31-36)35-25-26-45-40(27-35)41-29-39-38-23-13-14-24-43(38)55(37-21-11-4-12-22-37)44(39)30-46(41)56-45/h2*1-31H. The first-order chi connectivity index (χ1) is 55.5. The molecule has 14 aromatic carbocycles. The van der Waals surface area contributed by atoms with Crippen molar-refractivity contribution in [3.8, 4) is 124 Å². The molecule has 0 bridgehead atoms. The van der Waals surface area contributed by atoms with Crippen LogP contribution in [0.3, 0.4) is 0 Å². The van der Waals surface area contributed by atoms with Crippen molar-refractivity contribution in [2.24, 2.45) is 0 Å². The minimum absolute atomic E-state index is 0.538. The zero-order chi connectivity index (χ0) is 74.0. The van der Waals surface area contributed by atoms with Crippen molar-refractivity contribution in [1.29, 1.82) is 0 Å². The molecule has 8 aromatic heterocycles. The van der Waals surface area contributed by atoms with Gasteiger partial charge in [-0.25, -0.2) is 29.9 Å². The van der Waals surface area contributed by atoms with E-state index in [1.165, 1.54) is 16.2 Å². The molecule has 524 valence electrons. The molecule has 0 saturated carbocycles. The van der Waals surface area contributed by atoms with Gasteiger partial charge < -0.3 is 18.0 Å². The van der Waals surface area contributed by atoms with Crippen LogP contribution in [0.1, 0.15) is 0 Å². The molecular weight excluding hydrogens is 1370 g/mol. The first kappa shape index (κ1) is 64.9. The van der Waals surface area contributed by atoms with Crippen LogP contribution in [0.25, 0.3) is 212 Å². The van der Waals surface area contributed by atoms with Gasteiger partial charge in [-0.3, -0.25) is 9.97 Å². The van der Waals surface area contributed by atoms with Crippen molar-refractivity contribution < 1.29 is 8.83 Å². The smallest absolute Gasteiger partial charge is 0.166 e. The lowest BCUT2D eigenvalue weighted by Crippen LogP contribution is -2.02. The van der Waals surface area contributed by atoms with Crippen molar-refractivity contribution in [3.63, 3.8) is 0 Å². The van der Waals surface area contributed by atoms with Crippen molar-refractivity contribution in [2.45, 2.75) is 0 Å². The number of furan rings is 2. The lowest BCUT2D eigenvalue weighted by Gasteiger charge is -2.14. The molecule has 0 saturated heterocycles. The molecule has 112 heavy (non-hydrogen) atoms. The molecule has 0 amide bonds. The number of rotatable bonds is 12. The lowest BCUT2D eigenvalue weighted by atomic mass is 9.96. The molecule has 0 N–H and O–H groups in total. The predicted octanol–water partition coefficient (Wildman–Crippen LogP) is 25.2. The summed E-state index contributed by atoms with van der Waals surface area (Å²) in [7, 11) is 0. The minimum atomic E-state index is 0.538. The molecule has 0 aliphatic carbocycles. The molecule has 12 nitrogen and oxygen atoms in total. The Morgan fingerprint density at radius 1 is 0.196 bits per heavy atom. The Morgan fingerprint density at radius 2 is 0.562 bits per heavy atom. The van der Waals surface area contributed by atoms with Gasteiger partial charge in [-0.2, -0.15) is 0 Å². The van der Waals surface area contributed by atoms with Crippen molar-refractivity contribution in [3.05, 3.63) is 376 Å². The Hall–Kier alpha value is -15.4. The molecule has 0 fully saturated rings. The number of fused-ring (bicyclic) bond motifs is 12. The fourth-order valence-electron chi connectivity index (χ4n) is 15.7. The molecular formula is C100H62N10O2. The fraction of sp³-hybridized carbons (Fsp3) is 0. The van der Waals surface area contributed by atoms with E-state index in [1.54, 1.807) is 0 Å². The Morgan fingerprint density at radius 3 is 1.03 bits per heavy atom. The number of pyridine rings is 2. The van der Waals surface area contributed by atoms with Crippen LogP contribution in [-0.4, -0.2) is 49.0 Å². The van der Waals surface area contributed by atoms with Gasteiger partial charge in [0.1, 0.15) is 22.3 Å². The van der Waals surface area contributed by atoms with Crippen LogP contribution in [0.15, 0.2) is 385 Å². The minimum Gasteiger partial charge on any atom is -0.456 e. The van der Waals surface area contributed by atoms with E-state index in [0.717, 1.165) is 161 Å². The molecule has 22 aromatic rings. The van der Waals surface area contributed by atoms with Gasteiger partial charge in [0.05, 0.1) is 33.5 Å². The summed E-state index contributed by atoms with van der Waals surface area (Å²) in [4.78, 5) is 41.0. The number of aromatic nitrogens is 10. The average Bonchev–Trinajstić information content (AvgIpc) is 1.56. The van der Waals surface area contributed by atoms with Crippen LogP contribution in [0.4, 0.5) is 0 Å². The molecule has 0 spiro atoms. The molecule has 12 heteroatoms. The Bertz CT molecular complexity index is 7220. The molecule has 0 atom stereocenters. The summed E-state index contributed by atoms with van der Waals surface area (Å²) in [6.07, 6.45) is 3.88. The maximum atomic E-state index is 6.72. The first-order valence-electron chi connectivity index (χ1n) is 37.3. The van der Waals surface area contributed by atoms with Gasteiger partial charge in [-0.05, 0) is 96.1 Å². The van der Waals surface area contributed by atoms with E-state index in [2.05, 4.69) is 185 Å². The van der Waals surface area contributed by atoms with Crippen molar-refractivity contribution in [1.82, 2.24) is 49.0 Å². The van der Waals surface area contributed by atoms with Crippen molar-refractivity contribution in [2.75, 3.05) is 0 Å². The Labute approximate surface area is 642 Å². The first-order valence-corrected chi connectivity index (χ1v) is 37.3. The second-order valence-corrected chi connectivity index (χ2v) is 27.7. The summed E-state index contributed by atoms with van der Waals surface area (Å²) >= 11 is 0. The molecule has 8 heterocycles. The van der Waals surface area contributed by atoms with E-state index in [1.807, 2.05) is 200 Å². The van der Waals surface area contributed by atoms with Gasteiger partial charge in [0.15, 0.2) is 34.9 Å². The van der Waals surface area contributed by atoms with Gasteiger partial charge in [0.2, 0.25) is 0 Å². The van der Waals surface area contributed by atoms with Gasteiger partial charge in [0.25, 0.3) is 0 Å². The molecule has 0 aliphatic heterocycles. The van der Waals surface area contributed by atoms with E-state index < -0.39 is 0 Å². The fourth-order valence-corrected chi connectivity index (χ4v) is 15.7. The number of hydrogen-bond acceptors (Lipinski definition) is 10. The van der Waals surface area contributed by atoms with E-state index in [9.17, 15) is 0 Å². The van der Waals surface area contributed by atoms with Gasteiger partial charge in [-0.15, -0.1) is 0 Å². The largest absolute Gasteiger partial charge is 0.456 e. The quantitative estimate of drug-likeness (QED) is 0.116. The Balaban J connectivity index is 0.000000141. The summed E-state index contributed by atoms with van der Waals surface area (Å²) < 4.78 is 17.9. The highest BCUT2D eigenvalue weighted by Gasteiger charge is 2.26. The van der Waals surface area contributed by atoms with E-state index in [4.69, 9.17) is 48.7 Å². The van der Waals surface area contributed by atoms with Crippen LogP contribution in [0, 0.1) is 0 Å². The van der Waals surface area contributed by atoms with Crippen LogP contribution in [0.5, 0.6) is 0 Å². The third-order valence-corrected chi connectivity index (χ3v) is 21.0. The van der Waals surface area contributed by atoms with Crippen LogP contribution in [0.2, 0.25) is 0 Å². The molecule has 0 unspecified atom stereocenters. The van der Waals surface area contributed by atoms with E-state index >= 15 is 0 Å². The zero-order valence-electron chi connectivity index (χ0n) is 60.1. The highest BCUT2D eigenvalue weighted by Crippen LogP contribution is 2.46. The average molecular weight is 1440 g/mol. The van der Waals surface area contributed by atoms with Crippen LogP contribution >= 0.6 is 0 Å². The summed E-state index contributed by atoms with van der Waals surface area (Å²) in [5.74, 6) is 3.46. The number of para-hydroxylation sites is 4. The number of benzene rings is 14. The van der Waals surface area contributed by atoms with Gasteiger partial charge in [-0.1, -0.05) is 267 Å². The zero-order valence-corrected chi connectivity index (χ0v) is 60.1. The maximum absolute atomic E-state index is 6.72. The summed E-state index contributed by atoms with van der Waals surface area (Å²) in [6, 6.07) is 125. The van der Waals surface area contributed by atoms with E-state index in [-0.39, 0.29) is 0 Å². The van der Waals surface area contributed by atoms with Crippen LogP contribution in [-0.2, 0) is 0 Å². The number of hydrogen-bond donors (Lipinski definition) is 0. The van der Waals surface area contributed by atoms with Gasteiger partial charge in [0, 0.05) is 135 Å². The van der Waals surface area contributed by atoms with E-state index in [0.29, 0.717) is 34.9 Å². The monoisotopic (exact) mass is 1430 g/mol. The number of nitrogens with zero attached hydrogens (tertiary/aromatic N) is 10. The van der Waals surface area contributed by atoms with Crippen LogP contribution < -0.4 is 0 Å². The predicted molar refractivity (Wildman–Crippen MR) is 453 cm³/mol. The normalized spacial score (nSPS) is 11.6. The second kappa shape index (κ2) is 27.4. The third kappa shape index (κ3) is 11.6. The molecule has 0 radical (unpaired) electrons. The topological polar surface area (TPSA) is 139 Å². The Kier molecular flexibility index (Phi) is 15.9.